The molecule has 2 atom stereocenters. The van der Waals surface area contributed by atoms with Gasteiger partial charge < -0.3 is 30.0 Å². The highest BCUT2D eigenvalue weighted by atomic mass is 16.5. The lowest BCUT2D eigenvalue weighted by Crippen LogP contribution is -2.51. The highest BCUT2D eigenvalue weighted by Crippen LogP contribution is 2.44. The number of methoxy groups -OCH3 is 2. The molecule has 2 aromatic carbocycles. The highest BCUT2D eigenvalue weighted by Gasteiger charge is 2.29. The van der Waals surface area contributed by atoms with Crippen LogP contribution in [0.5, 0.6) is 0 Å². The summed E-state index contributed by atoms with van der Waals surface area (Å²) in [7, 11) is 2.62. The van der Waals surface area contributed by atoms with Crippen molar-refractivity contribution in [1.82, 2.24) is 10.6 Å². The van der Waals surface area contributed by atoms with Crippen molar-refractivity contribution in [2.75, 3.05) is 34.0 Å². The summed E-state index contributed by atoms with van der Waals surface area (Å²) in [6.07, 6.45) is -1.79. The van der Waals surface area contributed by atoms with E-state index in [-0.39, 0.29) is 25.7 Å². The minimum absolute atomic E-state index is 0.0833. The van der Waals surface area contributed by atoms with Crippen LogP contribution in [0.15, 0.2) is 48.5 Å². The molecule has 0 aromatic heterocycles. The van der Waals surface area contributed by atoms with Crippen LogP contribution in [-0.2, 0) is 23.8 Å². The third-order valence-electron chi connectivity index (χ3n) is 5.30. The van der Waals surface area contributed by atoms with Gasteiger partial charge in [-0.1, -0.05) is 48.5 Å². The molecule has 3 N–H and O–H groups in total. The lowest BCUT2D eigenvalue weighted by molar-refractivity contribution is -0.145. The van der Waals surface area contributed by atoms with Gasteiger partial charge in [0.15, 0.2) is 12.1 Å². The van der Waals surface area contributed by atoms with Crippen molar-refractivity contribution in [3.05, 3.63) is 59.7 Å². The van der Waals surface area contributed by atoms with Crippen LogP contribution in [0.3, 0.4) is 0 Å². The standard InChI is InChI=1S/C23H26N2O7/c1-30-13-19(22(27)28)25-21(26)20(31-2)11-24-23(29)32-12-18-16-9-5-3-7-14(16)15-8-4-6-10-17(15)18/h3-10,18-20H,11-13H2,1-2H3,(H,24,29)(H,25,26)(H,27,28). The predicted molar refractivity (Wildman–Crippen MR) is 115 cm³/mol. The number of carboxylic acid groups (broad SMARTS) is 1. The highest BCUT2D eigenvalue weighted by molar-refractivity contribution is 5.87. The third kappa shape index (κ3) is 5.24. The second-order valence-electron chi connectivity index (χ2n) is 7.29. The molecule has 1 aliphatic rings. The molecule has 2 unspecified atom stereocenters. The molecule has 0 spiro atoms. The maximum atomic E-state index is 12.3. The van der Waals surface area contributed by atoms with E-state index in [1.165, 1.54) is 14.2 Å². The van der Waals surface area contributed by atoms with Crippen LogP contribution in [0, 0.1) is 0 Å². The van der Waals surface area contributed by atoms with Crippen LogP contribution < -0.4 is 10.6 Å². The van der Waals surface area contributed by atoms with E-state index in [1.807, 2.05) is 48.5 Å². The molecule has 0 fully saturated rings. The van der Waals surface area contributed by atoms with Gasteiger partial charge in [-0.15, -0.1) is 0 Å². The minimum atomic E-state index is -1.24. The number of hydrogen-bond acceptors (Lipinski definition) is 6. The van der Waals surface area contributed by atoms with Gasteiger partial charge in [-0.05, 0) is 22.3 Å². The SMILES string of the molecule is COCC(NC(=O)C(CNC(=O)OCC1c2ccccc2-c2ccccc21)OC)C(=O)O. The first-order valence-corrected chi connectivity index (χ1v) is 10.1. The monoisotopic (exact) mass is 442 g/mol. The van der Waals surface area contributed by atoms with E-state index in [9.17, 15) is 14.4 Å². The molecule has 3 rings (SSSR count). The average Bonchev–Trinajstić information content (AvgIpc) is 3.11. The molecule has 0 saturated carbocycles. The fourth-order valence-corrected chi connectivity index (χ4v) is 3.71. The summed E-state index contributed by atoms with van der Waals surface area (Å²) >= 11 is 0. The number of alkyl carbamates (subject to hydrolysis) is 1. The Hall–Kier alpha value is -3.43. The molecular weight excluding hydrogens is 416 g/mol. The molecule has 0 saturated heterocycles. The van der Waals surface area contributed by atoms with Crippen molar-refractivity contribution in [2.45, 2.75) is 18.1 Å². The maximum Gasteiger partial charge on any atom is 0.407 e. The number of amides is 2. The minimum Gasteiger partial charge on any atom is -0.480 e. The van der Waals surface area contributed by atoms with Crippen LogP contribution in [0.25, 0.3) is 11.1 Å². The van der Waals surface area contributed by atoms with Crippen molar-refractivity contribution in [1.29, 1.82) is 0 Å². The molecule has 9 nitrogen and oxygen atoms in total. The molecular formula is C23H26N2O7. The normalized spacial score (nSPS) is 14.1. The van der Waals surface area contributed by atoms with Crippen LogP contribution in [-0.4, -0.2) is 69.2 Å². The van der Waals surface area contributed by atoms with Crippen LogP contribution in [0.1, 0.15) is 17.0 Å². The number of carbonyl (C=O) groups excluding carboxylic acids is 2. The zero-order chi connectivity index (χ0) is 23.1. The van der Waals surface area contributed by atoms with Crippen LogP contribution in [0.2, 0.25) is 0 Å². The van der Waals surface area contributed by atoms with Crippen molar-refractivity contribution < 1.29 is 33.7 Å². The van der Waals surface area contributed by atoms with Gasteiger partial charge in [0, 0.05) is 20.1 Å². The molecule has 0 radical (unpaired) electrons. The summed E-state index contributed by atoms with van der Waals surface area (Å²) in [6, 6.07) is 14.8. The van der Waals surface area contributed by atoms with E-state index in [0.717, 1.165) is 22.3 Å². The second kappa shape index (κ2) is 10.7. The average molecular weight is 442 g/mol. The Morgan fingerprint density at radius 2 is 1.59 bits per heavy atom. The lowest BCUT2D eigenvalue weighted by atomic mass is 9.98. The molecule has 2 amide bonds. The summed E-state index contributed by atoms with van der Waals surface area (Å²) in [6.45, 7) is -0.242. The lowest BCUT2D eigenvalue weighted by Gasteiger charge is -2.20. The summed E-state index contributed by atoms with van der Waals surface area (Å²) in [5.41, 5.74) is 4.43. The molecule has 2 aromatic rings. The predicted octanol–water partition coefficient (Wildman–Crippen LogP) is 1.76. The summed E-state index contributed by atoms with van der Waals surface area (Å²) in [4.78, 5) is 35.7. The Bertz CT molecular complexity index is 933. The van der Waals surface area contributed by atoms with Gasteiger partial charge in [0.05, 0.1) is 13.2 Å². The third-order valence-corrected chi connectivity index (χ3v) is 5.30. The zero-order valence-electron chi connectivity index (χ0n) is 17.9. The second-order valence-corrected chi connectivity index (χ2v) is 7.29. The van der Waals surface area contributed by atoms with Crippen molar-refractivity contribution in [3.63, 3.8) is 0 Å². The van der Waals surface area contributed by atoms with Gasteiger partial charge in [0.2, 0.25) is 0 Å². The largest absolute Gasteiger partial charge is 0.480 e. The smallest absolute Gasteiger partial charge is 0.407 e. The maximum absolute atomic E-state index is 12.3. The zero-order valence-corrected chi connectivity index (χ0v) is 17.9. The van der Waals surface area contributed by atoms with Crippen molar-refractivity contribution >= 4 is 18.0 Å². The van der Waals surface area contributed by atoms with E-state index >= 15 is 0 Å². The van der Waals surface area contributed by atoms with Gasteiger partial charge in [0.25, 0.3) is 5.91 Å². The van der Waals surface area contributed by atoms with Gasteiger partial charge in [-0.2, -0.15) is 0 Å². The van der Waals surface area contributed by atoms with Gasteiger partial charge >= 0.3 is 12.1 Å². The first kappa shape index (κ1) is 23.2. The van der Waals surface area contributed by atoms with Crippen molar-refractivity contribution in [2.24, 2.45) is 0 Å². The van der Waals surface area contributed by atoms with Crippen molar-refractivity contribution in [3.8, 4) is 11.1 Å². The molecule has 170 valence electrons. The number of nitrogens with one attached hydrogen (secondary N) is 2. The topological polar surface area (TPSA) is 123 Å². The molecule has 32 heavy (non-hydrogen) atoms. The molecule has 0 aliphatic heterocycles. The Balaban J connectivity index is 1.55. The Morgan fingerprint density at radius 3 is 2.12 bits per heavy atom. The van der Waals surface area contributed by atoms with Gasteiger partial charge in [-0.3, -0.25) is 4.79 Å². The fraction of sp³-hybridized carbons (Fsp3) is 0.348. The van der Waals surface area contributed by atoms with E-state index < -0.39 is 30.1 Å². The quantitative estimate of drug-likeness (QED) is 0.512. The van der Waals surface area contributed by atoms with E-state index in [4.69, 9.17) is 19.3 Å². The first-order valence-electron chi connectivity index (χ1n) is 10.1. The van der Waals surface area contributed by atoms with E-state index in [0.29, 0.717) is 0 Å². The summed E-state index contributed by atoms with van der Waals surface area (Å²) < 4.78 is 15.3. The summed E-state index contributed by atoms with van der Waals surface area (Å²) in [5, 5.41) is 13.9. The van der Waals surface area contributed by atoms with Gasteiger partial charge in [0.1, 0.15) is 6.61 Å². The van der Waals surface area contributed by atoms with Gasteiger partial charge in [-0.25, -0.2) is 9.59 Å². The Labute approximate surface area is 185 Å². The van der Waals surface area contributed by atoms with Crippen LogP contribution in [0.4, 0.5) is 4.79 Å². The number of aliphatic carboxylic acids is 1. The van der Waals surface area contributed by atoms with E-state index in [1.54, 1.807) is 0 Å². The number of rotatable bonds is 10. The molecule has 0 heterocycles. The number of carbonyl (C=O) groups is 3. The Morgan fingerprint density at radius 1 is 1.00 bits per heavy atom. The summed E-state index contributed by atoms with van der Waals surface area (Å²) in [5.74, 6) is -2.00. The van der Waals surface area contributed by atoms with Crippen LogP contribution >= 0.6 is 0 Å². The number of fused-ring (bicyclic) bond motifs is 3. The molecule has 9 heteroatoms. The first-order chi connectivity index (χ1) is 15.5. The number of benzene rings is 2. The fourth-order valence-electron chi connectivity index (χ4n) is 3.71. The number of carboxylic acids is 1. The van der Waals surface area contributed by atoms with E-state index in [2.05, 4.69) is 10.6 Å². The number of ether oxygens (including phenoxy) is 3. The number of hydrogen-bond donors (Lipinski definition) is 3. The molecule has 1 aliphatic carbocycles. The Kier molecular flexibility index (Phi) is 7.80. The molecule has 0 bridgehead atoms.